The van der Waals surface area contributed by atoms with Crippen molar-refractivity contribution < 1.29 is 18.1 Å². The second kappa shape index (κ2) is 8.17. The zero-order chi connectivity index (χ0) is 20.2. The van der Waals surface area contributed by atoms with E-state index in [4.69, 9.17) is 0 Å². The van der Waals surface area contributed by atoms with E-state index in [1.54, 1.807) is 17.0 Å². The molecule has 0 radical (unpaired) electrons. The molecule has 1 N–H and O–H groups in total. The molecule has 27 heavy (non-hydrogen) atoms. The first kappa shape index (κ1) is 20.4. The van der Waals surface area contributed by atoms with Crippen LogP contribution >= 0.6 is 0 Å². The number of hydrogen-bond acceptors (Lipinski definition) is 5. The average molecular weight is 391 g/mol. The van der Waals surface area contributed by atoms with Crippen molar-refractivity contribution in [2.24, 2.45) is 0 Å². The number of aryl methyl sites for hydroxylation is 1. The van der Waals surface area contributed by atoms with Crippen LogP contribution in [0.4, 0.5) is 11.4 Å². The Kier molecular flexibility index (Phi) is 6.17. The molecular weight excluding hydrogens is 370 g/mol. The summed E-state index contributed by atoms with van der Waals surface area (Å²) in [6.07, 6.45) is 0. The van der Waals surface area contributed by atoms with E-state index in [2.05, 4.69) is 4.72 Å². The van der Waals surface area contributed by atoms with E-state index in [-0.39, 0.29) is 27.7 Å². The van der Waals surface area contributed by atoms with Crippen LogP contribution in [0.3, 0.4) is 0 Å². The van der Waals surface area contributed by atoms with Gasteiger partial charge in [0.15, 0.2) is 0 Å². The molecule has 0 aliphatic heterocycles. The van der Waals surface area contributed by atoms with Gasteiger partial charge in [-0.2, -0.15) is 0 Å². The molecule has 0 atom stereocenters. The summed E-state index contributed by atoms with van der Waals surface area (Å²) in [5, 5.41) is 10.8. The minimum Gasteiger partial charge on any atom is -0.339 e. The molecule has 2 aromatic rings. The van der Waals surface area contributed by atoms with E-state index in [1.165, 1.54) is 31.2 Å². The second-order valence-electron chi connectivity index (χ2n) is 5.87. The second-order valence-corrected chi connectivity index (χ2v) is 7.52. The number of sulfonamides is 1. The fourth-order valence-electron chi connectivity index (χ4n) is 2.67. The number of anilines is 1. The number of non-ortho nitro benzene ring substituents is 1. The van der Waals surface area contributed by atoms with E-state index in [0.29, 0.717) is 18.7 Å². The molecule has 2 rings (SSSR count). The lowest BCUT2D eigenvalue weighted by atomic mass is 10.2. The first-order chi connectivity index (χ1) is 12.7. The predicted octanol–water partition coefficient (Wildman–Crippen LogP) is 3.19. The molecule has 0 aliphatic rings. The zero-order valence-electron chi connectivity index (χ0n) is 15.3. The number of nitrogens with one attached hydrogen (secondary N) is 1. The Bertz CT molecular complexity index is 969. The van der Waals surface area contributed by atoms with Crippen LogP contribution in [0.5, 0.6) is 0 Å². The van der Waals surface area contributed by atoms with Crippen molar-refractivity contribution in [1.29, 1.82) is 0 Å². The molecule has 0 unspecified atom stereocenters. The van der Waals surface area contributed by atoms with Crippen LogP contribution in [0.15, 0.2) is 47.4 Å². The van der Waals surface area contributed by atoms with Crippen LogP contribution in [0.25, 0.3) is 0 Å². The Balaban J connectivity index is 2.32. The number of amides is 1. The quantitative estimate of drug-likeness (QED) is 0.576. The number of nitrogens with zero attached hydrogens (tertiary/aromatic N) is 2. The van der Waals surface area contributed by atoms with E-state index >= 15 is 0 Å². The summed E-state index contributed by atoms with van der Waals surface area (Å²) in [5.41, 5.74) is 0.690. The van der Waals surface area contributed by atoms with Gasteiger partial charge >= 0.3 is 0 Å². The standard InChI is InChI=1S/C18H21N3O5S/c1-4-20(5-2)18(22)14-7-6-8-15(12-14)19-27(25,26)17-10-9-16(21(23)24)11-13(17)3/h6-12,19H,4-5H2,1-3H3. The molecule has 0 heterocycles. The minimum absolute atomic E-state index is 0.0615. The molecule has 2 aromatic carbocycles. The van der Waals surface area contributed by atoms with Gasteiger partial charge in [0.25, 0.3) is 21.6 Å². The summed E-state index contributed by atoms with van der Waals surface area (Å²) in [5.74, 6) is -0.187. The summed E-state index contributed by atoms with van der Waals surface area (Å²) in [4.78, 5) is 24.2. The van der Waals surface area contributed by atoms with Crippen LogP contribution in [0, 0.1) is 17.0 Å². The molecule has 0 fully saturated rings. The van der Waals surface area contributed by atoms with Gasteiger partial charge in [-0.05, 0) is 50.6 Å². The molecule has 0 aromatic heterocycles. The lowest BCUT2D eigenvalue weighted by Gasteiger charge is -2.19. The normalized spacial score (nSPS) is 11.1. The Morgan fingerprint density at radius 1 is 1.15 bits per heavy atom. The van der Waals surface area contributed by atoms with Crippen LogP contribution in [-0.2, 0) is 10.0 Å². The smallest absolute Gasteiger partial charge is 0.269 e. The lowest BCUT2D eigenvalue weighted by Crippen LogP contribution is -2.30. The van der Waals surface area contributed by atoms with E-state index < -0.39 is 14.9 Å². The van der Waals surface area contributed by atoms with Gasteiger partial charge < -0.3 is 4.90 Å². The highest BCUT2D eigenvalue weighted by Gasteiger charge is 2.20. The Hall–Kier alpha value is -2.94. The fraction of sp³-hybridized carbons (Fsp3) is 0.278. The number of rotatable bonds is 7. The molecule has 0 spiro atoms. The van der Waals surface area contributed by atoms with Gasteiger partial charge in [-0.3, -0.25) is 19.6 Å². The van der Waals surface area contributed by atoms with Crippen molar-refractivity contribution in [1.82, 2.24) is 4.90 Å². The van der Waals surface area contributed by atoms with E-state index in [9.17, 15) is 23.3 Å². The highest BCUT2D eigenvalue weighted by Crippen LogP contribution is 2.24. The van der Waals surface area contributed by atoms with Crippen molar-refractivity contribution in [2.75, 3.05) is 17.8 Å². The minimum atomic E-state index is -3.96. The van der Waals surface area contributed by atoms with E-state index in [0.717, 1.165) is 6.07 Å². The van der Waals surface area contributed by atoms with Crippen LogP contribution in [-0.4, -0.2) is 37.2 Å². The largest absolute Gasteiger partial charge is 0.339 e. The third kappa shape index (κ3) is 4.62. The number of nitro benzene ring substituents is 1. The van der Waals surface area contributed by atoms with E-state index in [1.807, 2.05) is 13.8 Å². The van der Waals surface area contributed by atoms with Gasteiger partial charge in [-0.1, -0.05) is 6.07 Å². The molecule has 0 saturated heterocycles. The van der Waals surface area contributed by atoms with Crippen LogP contribution < -0.4 is 4.72 Å². The van der Waals surface area contributed by atoms with Crippen molar-refractivity contribution in [2.45, 2.75) is 25.7 Å². The number of benzene rings is 2. The molecule has 0 saturated carbocycles. The zero-order valence-corrected chi connectivity index (χ0v) is 16.1. The summed E-state index contributed by atoms with van der Waals surface area (Å²) < 4.78 is 27.7. The molecule has 9 heteroatoms. The summed E-state index contributed by atoms with van der Waals surface area (Å²) in [6.45, 7) is 6.32. The third-order valence-corrected chi connectivity index (χ3v) is 5.61. The van der Waals surface area contributed by atoms with Gasteiger partial charge in [0, 0.05) is 36.5 Å². The summed E-state index contributed by atoms with van der Waals surface area (Å²) in [7, 11) is -3.96. The van der Waals surface area contributed by atoms with Crippen LogP contribution in [0.1, 0.15) is 29.8 Å². The summed E-state index contributed by atoms with van der Waals surface area (Å²) >= 11 is 0. The molecule has 0 bridgehead atoms. The number of carbonyl (C=O) groups excluding carboxylic acids is 1. The number of hydrogen-bond donors (Lipinski definition) is 1. The molecule has 0 aliphatic carbocycles. The van der Waals surface area contributed by atoms with Crippen molar-refractivity contribution in [3.8, 4) is 0 Å². The highest BCUT2D eigenvalue weighted by atomic mass is 32.2. The monoisotopic (exact) mass is 391 g/mol. The number of carbonyl (C=O) groups is 1. The van der Waals surface area contributed by atoms with Gasteiger partial charge in [0.2, 0.25) is 0 Å². The maximum atomic E-state index is 12.7. The molecular formula is C18H21N3O5S. The average Bonchev–Trinajstić information content (AvgIpc) is 2.62. The lowest BCUT2D eigenvalue weighted by molar-refractivity contribution is -0.385. The van der Waals surface area contributed by atoms with Crippen LogP contribution in [0.2, 0.25) is 0 Å². The van der Waals surface area contributed by atoms with Crippen molar-refractivity contribution in [3.63, 3.8) is 0 Å². The Morgan fingerprint density at radius 2 is 1.81 bits per heavy atom. The van der Waals surface area contributed by atoms with Crippen molar-refractivity contribution in [3.05, 3.63) is 63.7 Å². The Morgan fingerprint density at radius 3 is 2.37 bits per heavy atom. The van der Waals surface area contributed by atoms with Gasteiger partial charge in [-0.25, -0.2) is 8.42 Å². The van der Waals surface area contributed by atoms with Crippen molar-refractivity contribution >= 4 is 27.3 Å². The predicted molar refractivity (Wildman–Crippen MR) is 102 cm³/mol. The number of nitro groups is 1. The van der Waals surface area contributed by atoms with Gasteiger partial charge in [-0.15, -0.1) is 0 Å². The molecule has 1 amide bonds. The first-order valence-electron chi connectivity index (χ1n) is 8.36. The maximum absolute atomic E-state index is 12.7. The Labute approximate surface area is 158 Å². The molecule has 144 valence electrons. The topological polar surface area (TPSA) is 110 Å². The third-order valence-electron chi connectivity index (χ3n) is 4.07. The first-order valence-corrected chi connectivity index (χ1v) is 9.85. The van der Waals surface area contributed by atoms with Gasteiger partial charge in [0.05, 0.1) is 9.82 Å². The fourth-order valence-corrected chi connectivity index (χ4v) is 3.95. The maximum Gasteiger partial charge on any atom is 0.269 e. The summed E-state index contributed by atoms with van der Waals surface area (Å²) in [6, 6.07) is 9.76. The highest BCUT2D eigenvalue weighted by molar-refractivity contribution is 7.92. The molecule has 8 nitrogen and oxygen atoms in total. The SMILES string of the molecule is CCN(CC)C(=O)c1cccc(NS(=O)(=O)c2ccc([N+](=O)[O-])cc2C)c1. The van der Waals surface area contributed by atoms with Gasteiger partial charge in [0.1, 0.15) is 0 Å².